The highest BCUT2D eigenvalue weighted by Gasteiger charge is 2.40. The fraction of sp³-hybridized carbons (Fsp3) is 0.400. The summed E-state index contributed by atoms with van der Waals surface area (Å²) in [7, 11) is 1.63. The Morgan fingerprint density at radius 3 is 2.70 bits per heavy atom. The molecule has 8 nitrogen and oxygen atoms in total. The largest absolute Gasteiger partial charge is 0.493 e. The van der Waals surface area contributed by atoms with E-state index in [4.69, 9.17) is 16.3 Å². The van der Waals surface area contributed by atoms with Gasteiger partial charge in [0.1, 0.15) is 34.7 Å². The number of rotatable bonds is 6. The van der Waals surface area contributed by atoms with Gasteiger partial charge in [0.2, 0.25) is 5.91 Å². The monoisotopic (exact) mass is 486 g/mol. The molecule has 3 heterocycles. The van der Waals surface area contributed by atoms with Crippen LogP contribution in [-0.2, 0) is 4.79 Å². The van der Waals surface area contributed by atoms with Crippen LogP contribution in [0.15, 0.2) is 18.5 Å². The molecule has 0 radical (unpaired) electrons. The van der Waals surface area contributed by atoms with Crippen LogP contribution in [0.2, 0.25) is 5.15 Å². The highest BCUT2D eigenvalue weighted by molar-refractivity contribution is 6.36. The molecule has 4 rings (SSSR count). The second kappa shape index (κ2) is 8.32. The smallest absolute Gasteiger partial charge is 0.408 e. The number of carbonyl (C=O) groups excluding carboxylic acids is 1. The predicted octanol–water partition coefficient (Wildman–Crippen LogP) is 4.40. The third kappa shape index (κ3) is 4.03. The van der Waals surface area contributed by atoms with Crippen LogP contribution in [0.1, 0.15) is 26.3 Å². The van der Waals surface area contributed by atoms with Crippen molar-refractivity contribution < 1.29 is 27.1 Å². The standard InChI is InChI=1S/C20H19ClF4N6O2/c1-10(20(23,24)25)30-14-8-12(33-6-4-5-29(3)11(2)32)7-13(22)15(14)16-17(21)28-19-26-9-27-31(19)18(16)30/h7-10H,4-6H2,1-3H3/t10-/m0/s1. The molecule has 0 aliphatic carbocycles. The van der Waals surface area contributed by atoms with Crippen LogP contribution in [0, 0.1) is 5.82 Å². The Kier molecular flexibility index (Phi) is 5.81. The van der Waals surface area contributed by atoms with E-state index in [0.29, 0.717) is 13.0 Å². The number of aromatic nitrogens is 5. The van der Waals surface area contributed by atoms with Crippen molar-refractivity contribution in [1.29, 1.82) is 0 Å². The minimum atomic E-state index is -4.65. The van der Waals surface area contributed by atoms with Crippen molar-refractivity contribution in [1.82, 2.24) is 29.0 Å². The first-order valence-electron chi connectivity index (χ1n) is 9.94. The molecule has 1 amide bonds. The average Bonchev–Trinajstić information content (AvgIpc) is 3.32. The van der Waals surface area contributed by atoms with Gasteiger partial charge in [-0.05, 0) is 13.3 Å². The number of halogens is 5. The van der Waals surface area contributed by atoms with E-state index < -0.39 is 18.0 Å². The van der Waals surface area contributed by atoms with Crippen molar-refractivity contribution >= 4 is 45.2 Å². The molecule has 176 valence electrons. The molecule has 0 fully saturated rings. The molecular formula is C20H19ClF4N6O2. The van der Waals surface area contributed by atoms with Gasteiger partial charge < -0.3 is 14.2 Å². The Bertz CT molecular complexity index is 1370. The maximum absolute atomic E-state index is 15.2. The maximum atomic E-state index is 15.2. The molecule has 1 atom stereocenters. The zero-order valence-electron chi connectivity index (χ0n) is 17.8. The van der Waals surface area contributed by atoms with Crippen LogP contribution in [0.3, 0.4) is 0 Å². The molecule has 3 aromatic heterocycles. The number of amides is 1. The van der Waals surface area contributed by atoms with Gasteiger partial charge in [-0.1, -0.05) is 11.6 Å². The van der Waals surface area contributed by atoms with E-state index in [9.17, 15) is 18.0 Å². The highest BCUT2D eigenvalue weighted by Crippen LogP contribution is 2.42. The lowest BCUT2D eigenvalue weighted by Crippen LogP contribution is -2.26. The Balaban J connectivity index is 1.87. The molecule has 1 aromatic carbocycles. The van der Waals surface area contributed by atoms with Gasteiger partial charge in [0.25, 0.3) is 5.78 Å². The second-order valence-electron chi connectivity index (χ2n) is 7.60. The Labute approximate surface area is 189 Å². The van der Waals surface area contributed by atoms with Gasteiger partial charge in [-0.2, -0.15) is 32.8 Å². The molecule has 33 heavy (non-hydrogen) atoms. The summed E-state index contributed by atoms with van der Waals surface area (Å²) in [5.41, 5.74) is -0.154. The summed E-state index contributed by atoms with van der Waals surface area (Å²) in [6, 6.07) is 0.372. The molecule has 13 heteroatoms. The summed E-state index contributed by atoms with van der Waals surface area (Å²) < 4.78 is 64.3. The lowest BCUT2D eigenvalue weighted by molar-refractivity contribution is -0.161. The Morgan fingerprint density at radius 2 is 2.03 bits per heavy atom. The summed E-state index contributed by atoms with van der Waals surface area (Å²) >= 11 is 6.26. The topological polar surface area (TPSA) is 77.6 Å². The first-order chi connectivity index (χ1) is 15.5. The number of ether oxygens (including phenoxy) is 1. The SMILES string of the molecule is CC(=O)N(C)CCCOc1cc(F)c2c3c(Cl)nc4ncnn4c3n([C@@H](C)C(F)(F)F)c2c1. The first kappa shape index (κ1) is 23.0. The minimum absolute atomic E-state index is 0.00657. The second-order valence-corrected chi connectivity index (χ2v) is 7.96. The van der Waals surface area contributed by atoms with Crippen molar-refractivity contribution in [3.63, 3.8) is 0 Å². The van der Waals surface area contributed by atoms with Crippen molar-refractivity contribution in [3.05, 3.63) is 29.4 Å². The van der Waals surface area contributed by atoms with Gasteiger partial charge in [-0.3, -0.25) is 4.79 Å². The van der Waals surface area contributed by atoms with Crippen LogP contribution in [0.25, 0.3) is 27.7 Å². The summed E-state index contributed by atoms with van der Waals surface area (Å²) in [6.45, 7) is 2.93. The van der Waals surface area contributed by atoms with E-state index in [1.807, 2.05) is 0 Å². The number of fused-ring (bicyclic) bond motifs is 5. The van der Waals surface area contributed by atoms with Gasteiger partial charge in [-0.15, -0.1) is 0 Å². The Morgan fingerprint density at radius 1 is 1.30 bits per heavy atom. The third-order valence-electron chi connectivity index (χ3n) is 5.44. The number of nitrogens with zero attached hydrogens (tertiary/aromatic N) is 6. The fourth-order valence-electron chi connectivity index (χ4n) is 3.63. The number of benzene rings is 1. The van der Waals surface area contributed by atoms with E-state index >= 15 is 4.39 Å². The summed E-state index contributed by atoms with van der Waals surface area (Å²) in [5.74, 6) is -0.900. The van der Waals surface area contributed by atoms with Gasteiger partial charge >= 0.3 is 6.18 Å². The van der Waals surface area contributed by atoms with Crippen molar-refractivity contribution in [2.45, 2.75) is 32.5 Å². The van der Waals surface area contributed by atoms with Crippen LogP contribution >= 0.6 is 11.6 Å². The van der Waals surface area contributed by atoms with E-state index in [-0.39, 0.29) is 51.1 Å². The number of carbonyl (C=O) groups is 1. The third-order valence-corrected chi connectivity index (χ3v) is 5.72. The molecule has 0 aliphatic rings. The minimum Gasteiger partial charge on any atom is -0.493 e. The van der Waals surface area contributed by atoms with E-state index in [2.05, 4.69) is 15.1 Å². The summed E-state index contributed by atoms with van der Waals surface area (Å²) in [6.07, 6.45) is -3.07. The molecule has 0 saturated heterocycles. The summed E-state index contributed by atoms with van der Waals surface area (Å²) in [4.78, 5) is 20.7. The van der Waals surface area contributed by atoms with E-state index in [0.717, 1.165) is 28.4 Å². The van der Waals surface area contributed by atoms with Crippen LogP contribution < -0.4 is 4.74 Å². The average molecular weight is 487 g/mol. The maximum Gasteiger partial charge on any atom is 0.408 e. The zero-order valence-corrected chi connectivity index (χ0v) is 18.6. The molecule has 0 spiro atoms. The van der Waals surface area contributed by atoms with Crippen molar-refractivity contribution in [2.75, 3.05) is 20.2 Å². The quantitative estimate of drug-likeness (QED) is 0.229. The molecule has 4 aromatic rings. The van der Waals surface area contributed by atoms with Gasteiger partial charge in [-0.25, -0.2) is 4.39 Å². The molecular weight excluding hydrogens is 468 g/mol. The van der Waals surface area contributed by atoms with Gasteiger partial charge in [0.15, 0.2) is 0 Å². The van der Waals surface area contributed by atoms with E-state index in [1.165, 1.54) is 17.9 Å². The van der Waals surface area contributed by atoms with Crippen LogP contribution in [0.4, 0.5) is 17.6 Å². The molecule has 0 bridgehead atoms. The first-order valence-corrected chi connectivity index (χ1v) is 10.3. The normalized spacial score (nSPS) is 13.2. The lowest BCUT2D eigenvalue weighted by atomic mass is 10.2. The van der Waals surface area contributed by atoms with Gasteiger partial charge in [0.05, 0.1) is 17.5 Å². The van der Waals surface area contributed by atoms with Crippen molar-refractivity contribution in [3.8, 4) is 5.75 Å². The summed E-state index contributed by atoms with van der Waals surface area (Å²) in [5, 5.41) is 3.64. The number of hydrogen-bond donors (Lipinski definition) is 0. The van der Waals surface area contributed by atoms with E-state index in [1.54, 1.807) is 7.05 Å². The molecule has 0 N–H and O–H groups in total. The number of hydrogen-bond acceptors (Lipinski definition) is 5. The number of alkyl halides is 3. The fourth-order valence-corrected chi connectivity index (χ4v) is 3.89. The predicted molar refractivity (Wildman–Crippen MR) is 113 cm³/mol. The van der Waals surface area contributed by atoms with Crippen LogP contribution in [0.5, 0.6) is 5.75 Å². The molecule has 0 saturated carbocycles. The Hall–Kier alpha value is -3.15. The highest BCUT2D eigenvalue weighted by atomic mass is 35.5. The zero-order chi connectivity index (χ0) is 24.1. The van der Waals surface area contributed by atoms with Crippen LogP contribution in [-0.4, -0.2) is 61.3 Å². The van der Waals surface area contributed by atoms with Gasteiger partial charge in [0, 0.05) is 38.0 Å². The molecule has 0 unspecified atom stereocenters. The molecule has 0 aliphatic heterocycles. The van der Waals surface area contributed by atoms with Crippen molar-refractivity contribution in [2.24, 2.45) is 0 Å². The lowest BCUT2D eigenvalue weighted by Gasteiger charge is -2.20.